The normalized spacial score (nSPS) is 10.7. The highest BCUT2D eigenvalue weighted by molar-refractivity contribution is 14.1. The summed E-state index contributed by atoms with van der Waals surface area (Å²) in [5.74, 6) is 0.00427. The largest absolute Gasteiger partial charge is 0.507 e. The zero-order chi connectivity index (χ0) is 10.3. The molecule has 0 unspecified atom stereocenters. The van der Waals surface area contributed by atoms with Gasteiger partial charge in [-0.25, -0.2) is 0 Å². The van der Waals surface area contributed by atoms with Crippen molar-refractivity contribution in [1.29, 1.82) is 0 Å². The number of nitrogens with zero attached hydrogens (tertiary/aromatic N) is 2. The summed E-state index contributed by atoms with van der Waals surface area (Å²) in [5.41, 5.74) is 0.665. The highest BCUT2D eigenvalue weighted by atomic mass is 127. The number of hydrogen-bond donors (Lipinski definition) is 1. The number of halogens is 1. The Balaban J connectivity index is 2.89. The predicted molar refractivity (Wildman–Crippen MR) is 60.4 cm³/mol. The third kappa shape index (κ3) is 1.28. The van der Waals surface area contributed by atoms with Crippen molar-refractivity contribution in [3.05, 3.63) is 21.9 Å². The molecule has 1 N–H and O–H groups in total. The standard InChI is InChI=1S/C9H7IN2O2/c1-5(13)12-9-6(4-11-12)2-3-7(14)8(9)10/h2-4,14H,1H3. The molecule has 0 fully saturated rings. The molecule has 0 atom stereocenters. The zero-order valence-electron chi connectivity index (χ0n) is 7.36. The molecule has 72 valence electrons. The summed E-state index contributed by atoms with van der Waals surface area (Å²) >= 11 is 2.00. The van der Waals surface area contributed by atoms with Crippen LogP contribution in [-0.2, 0) is 0 Å². The maximum atomic E-state index is 11.2. The Morgan fingerprint density at radius 2 is 2.29 bits per heavy atom. The van der Waals surface area contributed by atoms with E-state index in [0.29, 0.717) is 9.09 Å². The van der Waals surface area contributed by atoms with Crippen molar-refractivity contribution in [1.82, 2.24) is 9.78 Å². The van der Waals surface area contributed by atoms with Crippen molar-refractivity contribution in [3.8, 4) is 5.75 Å². The van der Waals surface area contributed by atoms with Gasteiger partial charge in [-0.05, 0) is 34.7 Å². The van der Waals surface area contributed by atoms with Crippen molar-refractivity contribution in [3.63, 3.8) is 0 Å². The highest BCUT2D eigenvalue weighted by Gasteiger charge is 2.11. The Bertz CT molecular complexity index is 519. The van der Waals surface area contributed by atoms with Crippen LogP contribution in [0.2, 0.25) is 0 Å². The second-order valence-corrected chi connectivity index (χ2v) is 3.99. The molecule has 2 rings (SSSR count). The van der Waals surface area contributed by atoms with E-state index in [-0.39, 0.29) is 11.7 Å². The number of fused-ring (bicyclic) bond motifs is 1. The molecule has 0 spiro atoms. The minimum Gasteiger partial charge on any atom is -0.507 e. The van der Waals surface area contributed by atoms with Gasteiger partial charge in [0.05, 0.1) is 15.3 Å². The van der Waals surface area contributed by atoms with E-state index in [1.54, 1.807) is 18.3 Å². The maximum absolute atomic E-state index is 11.2. The molecular weight excluding hydrogens is 295 g/mol. The van der Waals surface area contributed by atoms with Crippen molar-refractivity contribution in [2.45, 2.75) is 6.92 Å². The van der Waals surface area contributed by atoms with Gasteiger partial charge in [0.2, 0.25) is 5.91 Å². The summed E-state index contributed by atoms with van der Waals surface area (Å²) in [4.78, 5) is 11.2. The summed E-state index contributed by atoms with van der Waals surface area (Å²) < 4.78 is 1.93. The second-order valence-electron chi connectivity index (χ2n) is 2.91. The van der Waals surface area contributed by atoms with E-state index in [4.69, 9.17) is 0 Å². The molecule has 0 saturated carbocycles. The first-order valence-corrected chi connectivity index (χ1v) is 5.05. The third-order valence-corrected chi connectivity index (χ3v) is 3.01. The van der Waals surface area contributed by atoms with Gasteiger partial charge in [-0.1, -0.05) is 0 Å². The third-order valence-electron chi connectivity index (χ3n) is 1.95. The van der Waals surface area contributed by atoms with E-state index < -0.39 is 0 Å². The molecule has 1 aromatic carbocycles. The van der Waals surface area contributed by atoms with Crippen LogP contribution in [-0.4, -0.2) is 20.8 Å². The van der Waals surface area contributed by atoms with Crippen LogP contribution in [0.5, 0.6) is 5.75 Å². The van der Waals surface area contributed by atoms with Crippen molar-refractivity contribution >= 4 is 39.4 Å². The van der Waals surface area contributed by atoms with Crippen LogP contribution in [0.1, 0.15) is 11.7 Å². The molecular formula is C9H7IN2O2. The molecule has 0 saturated heterocycles. The Hall–Kier alpha value is -1.11. The summed E-state index contributed by atoms with van der Waals surface area (Å²) in [6.45, 7) is 1.44. The van der Waals surface area contributed by atoms with Crippen LogP contribution in [0.25, 0.3) is 10.9 Å². The Kier molecular flexibility index (Phi) is 2.18. The number of rotatable bonds is 0. The van der Waals surface area contributed by atoms with Gasteiger partial charge in [0, 0.05) is 12.3 Å². The minimum atomic E-state index is -0.163. The molecule has 0 aliphatic heterocycles. The van der Waals surface area contributed by atoms with E-state index in [2.05, 4.69) is 5.10 Å². The maximum Gasteiger partial charge on any atom is 0.244 e. The number of phenolic OH excluding ortho intramolecular Hbond substituents is 1. The summed E-state index contributed by atoms with van der Waals surface area (Å²) in [5, 5.41) is 14.3. The van der Waals surface area contributed by atoms with Gasteiger partial charge in [-0.15, -0.1) is 0 Å². The SMILES string of the molecule is CC(=O)n1ncc2ccc(O)c(I)c21. The topological polar surface area (TPSA) is 55.1 Å². The van der Waals surface area contributed by atoms with Crippen molar-refractivity contribution < 1.29 is 9.90 Å². The first-order chi connectivity index (χ1) is 6.61. The molecule has 5 heteroatoms. The monoisotopic (exact) mass is 302 g/mol. The van der Waals surface area contributed by atoms with Crippen LogP contribution in [0.4, 0.5) is 0 Å². The van der Waals surface area contributed by atoms with Gasteiger partial charge in [0.1, 0.15) is 5.75 Å². The Morgan fingerprint density at radius 3 is 2.93 bits per heavy atom. The van der Waals surface area contributed by atoms with Crippen molar-refractivity contribution in [2.75, 3.05) is 0 Å². The number of benzene rings is 1. The van der Waals surface area contributed by atoms with Gasteiger partial charge in [0.25, 0.3) is 0 Å². The fourth-order valence-electron chi connectivity index (χ4n) is 1.30. The number of carbonyl (C=O) groups excluding carboxylic acids is 1. The molecule has 0 radical (unpaired) electrons. The molecule has 4 nitrogen and oxygen atoms in total. The first-order valence-electron chi connectivity index (χ1n) is 3.97. The molecule has 14 heavy (non-hydrogen) atoms. The van der Waals surface area contributed by atoms with Gasteiger partial charge >= 0.3 is 0 Å². The quantitative estimate of drug-likeness (QED) is 0.757. The lowest BCUT2D eigenvalue weighted by Crippen LogP contribution is -2.07. The van der Waals surface area contributed by atoms with E-state index in [1.165, 1.54) is 11.6 Å². The minimum absolute atomic E-state index is 0.163. The van der Waals surface area contributed by atoms with Gasteiger partial charge in [0.15, 0.2) is 0 Å². The number of hydrogen-bond acceptors (Lipinski definition) is 3. The first kappa shape index (κ1) is 9.45. The highest BCUT2D eigenvalue weighted by Crippen LogP contribution is 2.28. The lowest BCUT2D eigenvalue weighted by molar-refractivity contribution is 0.0926. The molecule has 0 aliphatic rings. The average Bonchev–Trinajstić information content (AvgIpc) is 2.55. The Labute approximate surface area is 93.7 Å². The van der Waals surface area contributed by atoms with E-state index in [1.807, 2.05) is 22.6 Å². The van der Waals surface area contributed by atoms with Crippen LogP contribution in [0.3, 0.4) is 0 Å². The predicted octanol–water partition coefficient (Wildman–Crippen LogP) is 2.01. The molecule has 0 aliphatic carbocycles. The van der Waals surface area contributed by atoms with Crippen LogP contribution >= 0.6 is 22.6 Å². The number of phenols is 1. The lowest BCUT2D eigenvalue weighted by atomic mass is 10.2. The van der Waals surface area contributed by atoms with E-state index >= 15 is 0 Å². The zero-order valence-corrected chi connectivity index (χ0v) is 9.52. The van der Waals surface area contributed by atoms with Gasteiger partial charge < -0.3 is 5.11 Å². The fraction of sp³-hybridized carbons (Fsp3) is 0.111. The summed E-state index contributed by atoms with van der Waals surface area (Å²) in [7, 11) is 0. The number of carbonyl (C=O) groups is 1. The summed E-state index contributed by atoms with van der Waals surface area (Å²) in [6.07, 6.45) is 1.61. The molecule has 0 bridgehead atoms. The summed E-state index contributed by atoms with van der Waals surface area (Å²) in [6, 6.07) is 3.33. The second kappa shape index (κ2) is 3.23. The molecule has 1 heterocycles. The fourth-order valence-corrected chi connectivity index (χ4v) is 2.02. The van der Waals surface area contributed by atoms with Crippen LogP contribution in [0, 0.1) is 3.57 Å². The van der Waals surface area contributed by atoms with E-state index in [9.17, 15) is 9.90 Å². The van der Waals surface area contributed by atoms with Crippen LogP contribution in [0.15, 0.2) is 18.3 Å². The van der Waals surface area contributed by atoms with Gasteiger partial charge in [-0.3, -0.25) is 4.79 Å². The molecule has 0 amide bonds. The smallest absolute Gasteiger partial charge is 0.244 e. The average molecular weight is 302 g/mol. The number of aromatic nitrogens is 2. The van der Waals surface area contributed by atoms with E-state index in [0.717, 1.165) is 5.39 Å². The number of aromatic hydroxyl groups is 1. The molecule has 1 aromatic heterocycles. The van der Waals surface area contributed by atoms with Crippen molar-refractivity contribution in [2.24, 2.45) is 0 Å². The Morgan fingerprint density at radius 1 is 1.57 bits per heavy atom. The van der Waals surface area contributed by atoms with Gasteiger partial charge in [-0.2, -0.15) is 9.78 Å². The lowest BCUT2D eigenvalue weighted by Gasteiger charge is -2.01. The molecule has 2 aromatic rings. The van der Waals surface area contributed by atoms with Crippen LogP contribution < -0.4 is 0 Å².